The van der Waals surface area contributed by atoms with Crippen LogP contribution in [0.1, 0.15) is 55.6 Å². The van der Waals surface area contributed by atoms with Crippen LogP contribution in [0.4, 0.5) is 0 Å². The van der Waals surface area contributed by atoms with Crippen LogP contribution in [0.15, 0.2) is 406 Å². The van der Waals surface area contributed by atoms with E-state index in [9.17, 15) is 0 Å². The van der Waals surface area contributed by atoms with Crippen molar-refractivity contribution in [3.63, 3.8) is 0 Å². The van der Waals surface area contributed by atoms with Gasteiger partial charge < -0.3 is 0 Å². The van der Waals surface area contributed by atoms with Crippen LogP contribution >= 0.6 is 0 Å². The highest BCUT2D eigenvalue weighted by Gasteiger charge is 2.22. The second-order valence-electron chi connectivity index (χ2n) is 26.8. The maximum Gasteiger partial charge on any atom is -0.000729 e. The predicted molar refractivity (Wildman–Crippen MR) is 442 cm³/mol. The summed E-state index contributed by atoms with van der Waals surface area (Å²) >= 11 is 0. The lowest BCUT2D eigenvalue weighted by atomic mass is 9.98. The molecule has 0 aliphatic heterocycles. The zero-order valence-corrected chi connectivity index (χ0v) is 57.8. The number of hydrogen-bond acceptors (Lipinski definition) is 0. The highest BCUT2D eigenvalue weighted by Crippen LogP contribution is 2.43. The topological polar surface area (TPSA) is 0 Å². The van der Waals surface area contributed by atoms with Gasteiger partial charge in [-0.3, -0.25) is 0 Å². The van der Waals surface area contributed by atoms with Gasteiger partial charge in [-0.2, -0.15) is 0 Å². The molecule has 0 nitrogen and oxygen atoms in total. The summed E-state index contributed by atoms with van der Waals surface area (Å²) in [5, 5.41) is 16.0. The van der Waals surface area contributed by atoms with E-state index in [2.05, 4.69) is 376 Å². The second kappa shape index (κ2) is 30.8. The zero-order valence-electron chi connectivity index (χ0n) is 57.8. The Morgan fingerprint density at radius 1 is 0.165 bits per heavy atom. The fourth-order valence-electron chi connectivity index (χ4n) is 15.3. The highest BCUT2D eigenvalue weighted by molar-refractivity contribution is 6.02. The Kier molecular flexibility index (Phi) is 19.4. The Hall–Kier alpha value is -12.7. The molecule has 0 amide bonds. The van der Waals surface area contributed by atoms with Crippen molar-refractivity contribution in [2.45, 2.75) is 32.1 Å². The second-order valence-corrected chi connectivity index (χ2v) is 26.8. The van der Waals surface area contributed by atoms with Crippen LogP contribution in [0.5, 0.6) is 0 Å². The highest BCUT2D eigenvalue weighted by atomic mass is 14.3. The number of rotatable bonds is 0. The molecule has 0 saturated carbocycles. The van der Waals surface area contributed by atoms with Crippen LogP contribution in [0.3, 0.4) is 0 Å². The minimum absolute atomic E-state index is 1.08. The van der Waals surface area contributed by atoms with Crippen LogP contribution in [0, 0.1) is 0 Å². The summed E-state index contributed by atoms with van der Waals surface area (Å²) in [6.07, 6.45) is 9.84. The van der Waals surface area contributed by atoms with E-state index >= 15 is 0 Å². The Morgan fingerprint density at radius 2 is 0.495 bits per heavy atom. The van der Waals surface area contributed by atoms with E-state index in [0.717, 1.165) is 32.1 Å². The molecule has 0 saturated heterocycles. The van der Waals surface area contributed by atoms with E-state index in [1.807, 2.05) is 36.4 Å². The Bertz CT molecular complexity index is 5790. The van der Waals surface area contributed by atoms with E-state index in [4.69, 9.17) is 0 Å². The molecular weight excluding hydrogens is 1240 g/mol. The van der Waals surface area contributed by atoms with Gasteiger partial charge in [0.2, 0.25) is 0 Å². The number of fused-ring (bicyclic) bond motifs is 21. The van der Waals surface area contributed by atoms with E-state index in [0.29, 0.717) is 0 Å². The molecule has 0 heterocycles. The fourth-order valence-corrected chi connectivity index (χ4v) is 15.3. The average Bonchev–Trinajstić information content (AvgIpc) is 1.65. The van der Waals surface area contributed by atoms with Gasteiger partial charge in [0.25, 0.3) is 0 Å². The van der Waals surface area contributed by atoms with Crippen molar-refractivity contribution in [3.8, 4) is 44.5 Å². The minimum atomic E-state index is 1.08. The molecule has 0 aromatic heterocycles. The van der Waals surface area contributed by atoms with Gasteiger partial charge in [0.15, 0.2) is 0 Å². The van der Waals surface area contributed by atoms with Crippen molar-refractivity contribution in [1.29, 1.82) is 0 Å². The number of benzene rings is 18. The third kappa shape index (κ3) is 14.5. The monoisotopic (exact) mass is 1310 g/mol. The molecule has 5 aliphatic carbocycles. The lowest BCUT2D eigenvalue weighted by Gasteiger charge is -2.06. The van der Waals surface area contributed by atoms with Crippen LogP contribution in [0.2, 0.25) is 0 Å². The first-order valence-corrected chi connectivity index (χ1v) is 36.1. The molecule has 0 heteroatoms. The number of allylic oxidation sites excluding steroid dienone is 1. The molecule has 0 N–H and O–H groups in total. The maximum absolute atomic E-state index is 2.34. The molecule has 0 bridgehead atoms. The van der Waals surface area contributed by atoms with Crippen LogP contribution in [0.25, 0.3) is 115 Å². The van der Waals surface area contributed by atoms with Crippen LogP contribution < -0.4 is 0 Å². The standard InChI is InChI=1S/3C17H12.C14H10.C13H10.C10H8.C9H8.C6H6/c1-3-7-15-12(5-1)9-10-14-11-13-6-2-4-8-16(13)17(14)15;1-3-7-14-12(5-1)9-10-16-15-8-4-2-6-13(15)11-17(14)16;1-2-6-13-11-17-15(9-12(13)5-1)10-14-7-3-4-8-16(14)17;1-2-6-12-10-14-8-4-3-7-13(14)9-11(12)5-1;1-3-7-12-10(5-1)9-11-6-2-4-8-13(11)12;1-2-6-10-8-4-3-7-9(10)5-1;1-2-5-9-7-3-6-8(9)4-1;1-2-4-6-5-3-1/h2*1-10H,11H2;1-9,11H,10H2;1-10H;1-8H,9H2;1-8H;1-6H,7H2;1-6H. The lowest BCUT2D eigenvalue weighted by molar-refractivity contribution is 1.26. The Labute approximate surface area is 605 Å². The summed E-state index contributed by atoms with van der Waals surface area (Å²) in [4.78, 5) is 0. The van der Waals surface area contributed by atoms with Crippen molar-refractivity contribution < 1.29 is 0 Å². The summed E-state index contributed by atoms with van der Waals surface area (Å²) in [5.74, 6) is 0. The van der Waals surface area contributed by atoms with Gasteiger partial charge in [0.05, 0.1) is 0 Å². The smallest absolute Gasteiger partial charge is 0.000729 e. The largest absolute Gasteiger partial charge is 0.0795 e. The van der Waals surface area contributed by atoms with Gasteiger partial charge in [0, 0.05) is 0 Å². The quantitative estimate of drug-likeness (QED) is 0.133. The summed E-state index contributed by atoms with van der Waals surface area (Å²) in [6.45, 7) is 0. The fraction of sp³-hybridized carbons (Fsp3) is 0.0485. The summed E-state index contributed by atoms with van der Waals surface area (Å²) in [6, 6.07) is 142. The van der Waals surface area contributed by atoms with Crippen LogP contribution in [-0.4, -0.2) is 0 Å². The van der Waals surface area contributed by atoms with E-state index in [1.165, 1.54) is 165 Å². The van der Waals surface area contributed by atoms with Gasteiger partial charge >= 0.3 is 0 Å². The van der Waals surface area contributed by atoms with Gasteiger partial charge in [0.1, 0.15) is 0 Å². The van der Waals surface area contributed by atoms with Crippen LogP contribution in [-0.2, 0) is 32.1 Å². The third-order valence-corrected chi connectivity index (χ3v) is 20.4. The van der Waals surface area contributed by atoms with Crippen molar-refractivity contribution >= 4 is 70.7 Å². The van der Waals surface area contributed by atoms with Gasteiger partial charge in [-0.05, 0) is 215 Å². The molecule has 18 aromatic rings. The first kappa shape index (κ1) is 64.9. The molecule has 23 rings (SSSR count). The Morgan fingerprint density at radius 3 is 1.00 bits per heavy atom. The van der Waals surface area contributed by atoms with Gasteiger partial charge in [-0.1, -0.05) is 394 Å². The first-order chi connectivity index (χ1) is 51.1. The normalized spacial score (nSPS) is 11.8. The average molecular weight is 1320 g/mol. The van der Waals surface area contributed by atoms with Crippen molar-refractivity contribution in [3.05, 3.63) is 462 Å². The summed E-state index contributed by atoms with van der Waals surface area (Å²) < 4.78 is 0. The van der Waals surface area contributed by atoms with Gasteiger partial charge in [-0.15, -0.1) is 0 Å². The first-order valence-electron chi connectivity index (χ1n) is 36.1. The van der Waals surface area contributed by atoms with E-state index in [1.54, 1.807) is 0 Å². The third-order valence-electron chi connectivity index (χ3n) is 20.4. The van der Waals surface area contributed by atoms with Crippen molar-refractivity contribution in [2.75, 3.05) is 0 Å². The predicted octanol–water partition coefficient (Wildman–Crippen LogP) is 27.3. The summed E-state index contributed by atoms with van der Waals surface area (Å²) in [5.41, 5.74) is 25.9. The van der Waals surface area contributed by atoms with Crippen molar-refractivity contribution in [1.82, 2.24) is 0 Å². The molecule has 0 spiro atoms. The molecule has 18 aromatic carbocycles. The molecule has 103 heavy (non-hydrogen) atoms. The molecule has 0 radical (unpaired) electrons. The lowest BCUT2D eigenvalue weighted by Crippen LogP contribution is -1.83. The zero-order chi connectivity index (χ0) is 68.9. The van der Waals surface area contributed by atoms with Crippen molar-refractivity contribution in [2.24, 2.45) is 0 Å². The molecule has 0 fully saturated rings. The van der Waals surface area contributed by atoms with E-state index < -0.39 is 0 Å². The van der Waals surface area contributed by atoms with Gasteiger partial charge in [-0.25, -0.2) is 0 Å². The SMILES string of the molecule is C1=Cc2ccccc2C1.c1ccc2c(c1)Cc1c-2ccc2ccccc12.c1ccc2c(c1)Cc1cc3ccccc3cc1-2.c1ccc2c(c1)Cc1ccc3ccccc3c1-2.c1ccc2c(c1)Cc1ccccc1-2.c1ccc2cc3ccccc3cc2c1.c1ccc2ccccc2c1.c1ccccc1. The molecule has 0 atom stereocenters. The molecule has 490 valence electrons. The van der Waals surface area contributed by atoms with E-state index in [-0.39, 0.29) is 0 Å². The summed E-state index contributed by atoms with van der Waals surface area (Å²) in [7, 11) is 0. The molecule has 0 unspecified atom stereocenters. The Balaban J connectivity index is 0.0000000924. The molecule has 5 aliphatic rings. The number of hydrogen-bond donors (Lipinski definition) is 0. The maximum atomic E-state index is 2.34. The minimum Gasteiger partial charge on any atom is -0.0795 e. The molecular formula is C103H78.